The van der Waals surface area contributed by atoms with Crippen molar-refractivity contribution in [3.63, 3.8) is 0 Å². The Morgan fingerprint density at radius 2 is 2.15 bits per heavy atom. The molecule has 4 aliphatic rings. The molecule has 2 aromatic carbocycles. The molecule has 0 amide bonds. The quantitative estimate of drug-likeness (QED) is 0.251. The SMILES string of the molecule is CNCCCN1C=C(OC[C@@]23CCCN2C[C@H](F)C3)Oc2c(F)c(-c3ccc(F)c4sc(N)c(C#N)c34)c(Cl)c3c2=C1N(CC#N)CN=3. The number of halogens is 4. The molecule has 2 atom stereocenters. The summed E-state index contributed by atoms with van der Waals surface area (Å²) in [5.74, 6) is -1.29. The maximum Gasteiger partial charge on any atom is 0.302 e. The topological polar surface area (TPSA) is 126 Å². The van der Waals surface area contributed by atoms with Crippen LogP contribution in [0.2, 0.25) is 5.02 Å². The van der Waals surface area contributed by atoms with Gasteiger partial charge in [0.25, 0.3) is 0 Å². The summed E-state index contributed by atoms with van der Waals surface area (Å²) in [4.78, 5) is 10.3. The highest BCUT2D eigenvalue weighted by molar-refractivity contribution is 7.23. The number of benzene rings is 2. The van der Waals surface area contributed by atoms with Crippen LogP contribution in [0.15, 0.2) is 29.3 Å². The molecule has 2 saturated heterocycles. The molecule has 48 heavy (non-hydrogen) atoms. The third-order valence-corrected chi connectivity index (χ3v) is 10.9. The Balaban J connectivity index is 1.44. The van der Waals surface area contributed by atoms with Crippen LogP contribution in [0, 0.1) is 34.3 Å². The molecule has 0 unspecified atom stereocenters. The molecule has 4 aliphatic heterocycles. The van der Waals surface area contributed by atoms with Gasteiger partial charge in [-0.05, 0) is 51.0 Å². The Bertz CT molecular complexity index is 2060. The summed E-state index contributed by atoms with van der Waals surface area (Å²) in [6, 6.07) is 6.72. The second kappa shape index (κ2) is 12.7. The molecule has 3 N–H and O–H groups in total. The van der Waals surface area contributed by atoms with Crippen molar-refractivity contribution >= 4 is 43.8 Å². The monoisotopic (exact) mass is 696 g/mol. The van der Waals surface area contributed by atoms with Crippen molar-refractivity contribution in [2.45, 2.75) is 37.4 Å². The van der Waals surface area contributed by atoms with E-state index in [0.29, 0.717) is 38.3 Å². The van der Waals surface area contributed by atoms with E-state index >= 15 is 4.39 Å². The summed E-state index contributed by atoms with van der Waals surface area (Å²) in [6.45, 7) is 2.34. The van der Waals surface area contributed by atoms with Gasteiger partial charge in [0, 0.05) is 30.5 Å². The van der Waals surface area contributed by atoms with Crippen molar-refractivity contribution in [1.29, 1.82) is 10.5 Å². The van der Waals surface area contributed by atoms with Gasteiger partial charge in [0.1, 0.15) is 48.7 Å². The largest absolute Gasteiger partial charge is 0.462 e. The molecular weight excluding hydrogens is 665 g/mol. The molecule has 0 saturated carbocycles. The Morgan fingerprint density at radius 3 is 2.92 bits per heavy atom. The second-order valence-corrected chi connectivity index (χ2v) is 13.8. The van der Waals surface area contributed by atoms with Crippen molar-refractivity contribution in [3.8, 4) is 29.0 Å². The van der Waals surface area contributed by atoms with E-state index in [9.17, 15) is 19.3 Å². The summed E-state index contributed by atoms with van der Waals surface area (Å²) in [6.07, 6.45) is 3.36. The van der Waals surface area contributed by atoms with Gasteiger partial charge in [-0.2, -0.15) is 10.5 Å². The maximum atomic E-state index is 17.3. The average Bonchev–Trinajstić information content (AvgIpc) is 3.67. The number of nitrogen functional groups attached to an aromatic ring is 1. The molecule has 0 radical (unpaired) electrons. The van der Waals surface area contributed by atoms with Crippen LogP contribution in [-0.4, -0.2) is 79.5 Å². The summed E-state index contributed by atoms with van der Waals surface area (Å²) < 4.78 is 59.6. The molecular formula is C33H32ClF3N8O2S. The number of nitrogens with one attached hydrogen (secondary N) is 1. The Kier molecular flexibility index (Phi) is 8.54. The number of fused-ring (bicyclic) bond motifs is 2. The fraction of sp³-hybridized carbons (Fsp3) is 0.424. The minimum atomic E-state index is -0.964. The molecule has 15 heteroatoms. The first kappa shape index (κ1) is 32.3. The normalized spacial score (nSPS) is 21.6. The first-order chi connectivity index (χ1) is 23.2. The van der Waals surface area contributed by atoms with Crippen LogP contribution in [0.4, 0.5) is 18.2 Å². The fourth-order valence-corrected chi connectivity index (χ4v) is 8.69. The lowest BCUT2D eigenvalue weighted by molar-refractivity contribution is 0.0256. The number of rotatable bonds is 9. The molecule has 5 heterocycles. The van der Waals surface area contributed by atoms with E-state index in [0.717, 1.165) is 30.7 Å². The van der Waals surface area contributed by atoms with Gasteiger partial charge in [0.2, 0.25) is 0 Å². The zero-order valence-electron chi connectivity index (χ0n) is 26.1. The Labute approximate surface area is 283 Å². The van der Waals surface area contributed by atoms with E-state index in [1.54, 1.807) is 11.1 Å². The van der Waals surface area contributed by atoms with Crippen LogP contribution in [-0.2, 0) is 4.74 Å². The van der Waals surface area contributed by atoms with Crippen LogP contribution < -0.4 is 26.4 Å². The van der Waals surface area contributed by atoms with Gasteiger partial charge in [-0.25, -0.2) is 13.2 Å². The molecule has 0 aliphatic carbocycles. The van der Waals surface area contributed by atoms with E-state index < -0.39 is 23.3 Å². The van der Waals surface area contributed by atoms with Gasteiger partial charge in [-0.1, -0.05) is 17.7 Å². The second-order valence-electron chi connectivity index (χ2n) is 12.4. The van der Waals surface area contributed by atoms with Crippen molar-refractivity contribution in [2.24, 2.45) is 4.99 Å². The molecule has 7 rings (SSSR count). The van der Waals surface area contributed by atoms with E-state index in [2.05, 4.69) is 21.3 Å². The number of nitrogens with two attached hydrogens (primary N) is 1. The van der Waals surface area contributed by atoms with Gasteiger partial charge in [-0.15, -0.1) is 11.3 Å². The van der Waals surface area contributed by atoms with Crippen LogP contribution in [0.5, 0.6) is 5.75 Å². The van der Waals surface area contributed by atoms with Gasteiger partial charge in [-0.3, -0.25) is 9.89 Å². The molecule has 3 aromatic rings. The van der Waals surface area contributed by atoms with Crippen LogP contribution >= 0.6 is 22.9 Å². The first-order valence-electron chi connectivity index (χ1n) is 15.7. The smallest absolute Gasteiger partial charge is 0.302 e. The first-order valence-corrected chi connectivity index (χ1v) is 16.9. The molecule has 0 bridgehead atoms. The lowest BCUT2D eigenvalue weighted by Crippen LogP contribution is -2.47. The number of hydrogen-bond acceptors (Lipinski definition) is 11. The lowest BCUT2D eigenvalue weighted by Gasteiger charge is -2.33. The summed E-state index contributed by atoms with van der Waals surface area (Å²) in [5, 5.41) is 23.4. The number of anilines is 1. The van der Waals surface area contributed by atoms with Gasteiger partial charge < -0.3 is 30.3 Å². The predicted molar refractivity (Wildman–Crippen MR) is 176 cm³/mol. The van der Waals surface area contributed by atoms with Crippen molar-refractivity contribution in [1.82, 2.24) is 20.0 Å². The highest BCUT2D eigenvalue weighted by Gasteiger charge is 2.49. The number of alkyl halides is 1. The minimum absolute atomic E-state index is 0.0107. The minimum Gasteiger partial charge on any atom is -0.462 e. The zero-order valence-corrected chi connectivity index (χ0v) is 27.7. The van der Waals surface area contributed by atoms with Crippen molar-refractivity contribution in [2.75, 3.05) is 58.8 Å². The average molecular weight is 697 g/mol. The highest BCUT2D eigenvalue weighted by atomic mass is 35.5. The number of nitriles is 2. The number of thiophene rings is 1. The maximum absolute atomic E-state index is 17.3. The molecule has 250 valence electrons. The van der Waals surface area contributed by atoms with Crippen LogP contribution in [0.25, 0.3) is 27.0 Å². The van der Waals surface area contributed by atoms with Gasteiger partial charge in [0.05, 0.1) is 43.7 Å². The molecule has 1 aromatic heterocycles. The van der Waals surface area contributed by atoms with Gasteiger partial charge in [0.15, 0.2) is 11.6 Å². The third-order valence-electron chi connectivity index (χ3n) is 9.50. The summed E-state index contributed by atoms with van der Waals surface area (Å²) >= 11 is 7.92. The van der Waals surface area contributed by atoms with E-state index in [1.165, 1.54) is 12.1 Å². The predicted octanol–water partition coefficient (Wildman–Crippen LogP) is 4.13. The van der Waals surface area contributed by atoms with Crippen molar-refractivity contribution < 1.29 is 22.6 Å². The fourth-order valence-electron chi connectivity index (χ4n) is 7.40. The van der Waals surface area contributed by atoms with Crippen LogP contribution in [0.3, 0.4) is 0 Å². The number of nitrogens with zero attached hydrogens (tertiary/aromatic N) is 6. The number of ether oxygens (including phenoxy) is 2. The summed E-state index contributed by atoms with van der Waals surface area (Å²) in [5.41, 5.74) is 5.62. The Morgan fingerprint density at radius 1 is 1.31 bits per heavy atom. The number of hydrogen-bond donors (Lipinski definition) is 2. The van der Waals surface area contributed by atoms with E-state index in [4.69, 9.17) is 26.8 Å². The lowest BCUT2D eigenvalue weighted by atomic mass is 9.95. The Hall–Kier alpha value is -4.21. The van der Waals surface area contributed by atoms with Crippen molar-refractivity contribution in [3.05, 3.63) is 57.1 Å². The van der Waals surface area contributed by atoms with Crippen LogP contribution in [0.1, 0.15) is 31.2 Å². The zero-order chi connectivity index (χ0) is 33.7. The molecule has 0 spiro atoms. The van der Waals surface area contributed by atoms with E-state index in [1.807, 2.05) is 18.0 Å². The van der Waals surface area contributed by atoms with Gasteiger partial charge >= 0.3 is 5.95 Å². The highest BCUT2D eigenvalue weighted by Crippen LogP contribution is 2.45. The van der Waals surface area contributed by atoms with E-state index in [-0.39, 0.29) is 78.9 Å². The summed E-state index contributed by atoms with van der Waals surface area (Å²) in [7, 11) is 1.84. The molecule has 10 nitrogen and oxygen atoms in total. The molecule has 2 fully saturated rings. The third kappa shape index (κ3) is 5.19. The standard InChI is InChI=1S/C33H32ClF3N8O2S/c1-41-8-3-9-43-15-22(46-16-33-6-2-10-45(33)14-18(35)12-33)47-29-25-28(42-17-44(11-7-38)32(25)43)26(34)24(27(29)37)19-4-5-21(36)30-23(19)20(13-39)31(40)48-30/h4-5,15,18,41H,2-3,6,8-12,14,16-17,40H2,1H3/t18-,33+/m1/s1.